The molecule has 0 spiro atoms. The van der Waals surface area contributed by atoms with Gasteiger partial charge in [0.15, 0.2) is 0 Å². The molecule has 2 amide bonds. The minimum atomic E-state index is -0.695. The molecule has 1 saturated carbocycles. The normalized spacial score (nSPS) is 14.7. The summed E-state index contributed by atoms with van der Waals surface area (Å²) in [5.74, 6) is 2.33. The Morgan fingerprint density at radius 2 is 1.54 bits per heavy atom. The molecule has 28 heavy (non-hydrogen) atoms. The number of hydrazone groups is 1. The number of nitrogens with zero attached hydrogens (tertiary/aromatic N) is 1. The Balaban J connectivity index is 1.38. The SMILES string of the molecule is NC(=O)N/N=C\c1ccc(OCCOc2ccc(C3CCCCC3)cc2)cc1. The Bertz CT molecular complexity index is 767. The van der Waals surface area contributed by atoms with Gasteiger partial charge in [0.2, 0.25) is 0 Å². The van der Waals surface area contributed by atoms with Crippen molar-refractivity contribution in [2.75, 3.05) is 13.2 Å². The van der Waals surface area contributed by atoms with Crippen LogP contribution >= 0.6 is 0 Å². The standard InChI is InChI=1S/C22H27N3O3/c23-22(26)25-24-16-17-6-10-20(11-7-17)27-14-15-28-21-12-8-19(9-13-21)18-4-2-1-3-5-18/h6-13,16,18H,1-5,14-15H2,(H3,23,25,26)/b24-16-. The van der Waals surface area contributed by atoms with E-state index in [-0.39, 0.29) is 0 Å². The quantitative estimate of drug-likeness (QED) is 0.408. The van der Waals surface area contributed by atoms with E-state index in [1.165, 1.54) is 43.9 Å². The molecule has 6 heteroatoms. The van der Waals surface area contributed by atoms with Crippen LogP contribution in [0.5, 0.6) is 11.5 Å². The summed E-state index contributed by atoms with van der Waals surface area (Å²) in [6.45, 7) is 0.940. The van der Waals surface area contributed by atoms with E-state index in [4.69, 9.17) is 15.2 Å². The van der Waals surface area contributed by atoms with Gasteiger partial charge in [-0.05, 0) is 66.3 Å². The van der Waals surface area contributed by atoms with E-state index in [9.17, 15) is 4.79 Å². The number of amides is 2. The molecule has 1 aliphatic rings. The number of hydrogen-bond acceptors (Lipinski definition) is 4. The second-order valence-corrected chi connectivity index (χ2v) is 6.90. The van der Waals surface area contributed by atoms with Gasteiger partial charge >= 0.3 is 6.03 Å². The summed E-state index contributed by atoms with van der Waals surface area (Å²) >= 11 is 0. The van der Waals surface area contributed by atoms with Gasteiger partial charge in [0.1, 0.15) is 24.7 Å². The topological polar surface area (TPSA) is 85.9 Å². The maximum Gasteiger partial charge on any atom is 0.332 e. The average molecular weight is 381 g/mol. The molecule has 6 nitrogen and oxygen atoms in total. The summed E-state index contributed by atoms with van der Waals surface area (Å²) in [6.07, 6.45) is 8.19. The molecule has 2 aromatic carbocycles. The largest absolute Gasteiger partial charge is 0.490 e. The van der Waals surface area contributed by atoms with Crippen molar-refractivity contribution in [1.29, 1.82) is 0 Å². The lowest BCUT2D eigenvalue weighted by molar-refractivity contribution is 0.217. The van der Waals surface area contributed by atoms with Crippen molar-refractivity contribution in [3.8, 4) is 11.5 Å². The summed E-state index contributed by atoms with van der Waals surface area (Å²) in [5.41, 5.74) is 9.34. The minimum Gasteiger partial charge on any atom is -0.490 e. The van der Waals surface area contributed by atoms with Crippen molar-refractivity contribution in [1.82, 2.24) is 5.43 Å². The number of urea groups is 1. The molecule has 3 N–H and O–H groups in total. The highest BCUT2D eigenvalue weighted by Crippen LogP contribution is 2.33. The van der Waals surface area contributed by atoms with Crippen LogP contribution in [0, 0.1) is 0 Å². The summed E-state index contributed by atoms with van der Waals surface area (Å²) in [4.78, 5) is 10.5. The third-order valence-corrected chi connectivity index (χ3v) is 4.85. The van der Waals surface area contributed by atoms with Gasteiger partial charge < -0.3 is 15.2 Å². The Morgan fingerprint density at radius 1 is 0.964 bits per heavy atom. The van der Waals surface area contributed by atoms with Crippen LogP contribution in [0.3, 0.4) is 0 Å². The van der Waals surface area contributed by atoms with Gasteiger partial charge in [-0.1, -0.05) is 31.4 Å². The number of ether oxygens (including phenoxy) is 2. The van der Waals surface area contributed by atoms with Crippen molar-refractivity contribution in [3.05, 3.63) is 59.7 Å². The van der Waals surface area contributed by atoms with Crippen molar-refractivity contribution in [2.24, 2.45) is 10.8 Å². The van der Waals surface area contributed by atoms with Crippen LogP contribution in [0.1, 0.15) is 49.1 Å². The molecule has 0 unspecified atom stereocenters. The van der Waals surface area contributed by atoms with Crippen molar-refractivity contribution >= 4 is 12.2 Å². The number of primary amides is 1. The van der Waals surface area contributed by atoms with Gasteiger partial charge in [-0.3, -0.25) is 0 Å². The molecule has 0 aromatic heterocycles. The number of benzene rings is 2. The molecular weight excluding hydrogens is 354 g/mol. The van der Waals surface area contributed by atoms with Crippen LogP contribution in [-0.2, 0) is 0 Å². The predicted octanol–water partition coefficient (Wildman–Crippen LogP) is 4.19. The van der Waals surface area contributed by atoms with Crippen LogP contribution in [0.2, 0.25) is 0 Å². The number of nitrogens with one attached hydrogen (secondary N) is 1. The lowest BCUT2D eigenvalue weighted by Crippen LogP contribution is -2.24. The fourth-order valence-corrected chi connectivity index (χ4v) is 3.41. The van der Waals surface area contributed by atoms with E-state index < -0.39 is 6.03 Å². The molecular formula is C22H27N3O3. The van der Waals surface area contributed by atoms with E-state index in [1.807, 2.05) is 24.3 Å². The highest BCUT2D eigenvalue weighted by atomic mass is 16.5. The summed E-state index contributed by atoms with van der Waals surface area (Å²) in [5, 5.41) is 3.71. The van der Waals surface area contributed by atoms with Crippen molar-refractivity contribution < 1.29 is 14.3 Å². The molecule has 2 aromatic rings. The Labute approximate surface area is 165 Å². The molecule has 3 rings (SSSR count). The summed E-state index contributed by atoms with van der Waals surface area (Å²) in [6, 6.07) is 15.2. The third kappa shape index (κ3) is 6.30. The lowest BCUT2D eigenvalue weighted by atomic mass is 9.84. The van der Waals surface area contributed by atoms with Crippen LogP contribution < -0.4 is 20.6 Å². The molecule has 1 fully saturated rings. The van der Waals surface area contributed by atoms with Gasteiger partial charge in [0, 0.05) is 0 Å². The fraction of sp³-hybridized carbons (Fsp3) is 0.364. The minimum absolute atomic E-state index is 0.459. The van der Waals surface area contributed by atoms with Gasteiger partial charge in [-0.25, -0.2) is 10.2 Å². The first kappa shape index (κ1) is 19.7. The highest BCUT2D eigenvalue weighted by molar-refractivity contribution is 5.81. The number of carbonyl (C=O) groups is 1. The number of carbonyl (C=O) groups excluding carboxylic acids is 1. The first-order valence-corrected chi connectivity index (χ1v) is 9.75. The zero-order valence-corrected chi connectivity index (χ0v) is 16.0. The summed E-state index contributed by atoms with van der Waals surface area (Å²) in [7, 11) is 0. The van der Waals surface area contributed by atoms with E-state index >= 15 is 0 Å². The zero-order valence-electron chi connectivity index (χ0n) is 16.0. The van der Waals surface area contributed by atoms with E-state index in [0.717, 1.165) is 17.1 Å². The third-order valence-electron chi connectivity index (χ3n) is 4.85. The number of rotatable bonds is 8. The monoisotopic (exact) mass is 381 g/mol. The molecule has 0 radical (unpaired) electrons. The first-order valence-electron chi connectivity index (χ1n) is 9.75. The van der Waals surface area contributed by atoms with Crippen molar-refractivity contribution in [3.63, 3.8) is 0 Å². The lowest BCUT2D eigenvalue weighted by Gasteiger charge is -2.22. The van der Waals surface area contributed by atoms with Crippen LogP contribution in [0.15, 0.2) is 53.6 Å². The Kier molecular flexibility index (Phi) is 7.29. The average Bonchev–Trinajstić information content (AvgIpc) is 2.73. The van der Waals surface area contributed by atoms with Gasteiger partial charge in [-0.15, -0.1) is 0 Å². The van der Waals surface area contributed by atoms with Gasteiger partial charge in [-0.2, -0.15) is 5.10 Å². The van der Waals surface area contributed by atoms with Gasteiger partial charge in [0.25, 0.3) is 0 Å². The zero-order chi connectivity index (χ0) is 19.6. The van der Waals surface area contributed by atoms with Crippen molar-refractivity contribution in [2.45, 2.75) is 38.0 Å². The molecule has 0 heterocycles. The second kappa shape index (κ2) is 10.3. The molecule has 0 aliphatic heterocycles. The van der Waals surface area contributed by atoms with Gasteiger partial charge in [0.05, 0.1) is 6.21 Å². The van der Waals surface area contributed by atoms with Crippen LogP contribution in [0.25, 0.3) is 0 Å². The number of nitrogens with two attached hydrogens (primary N) is 1. The summed E-state index contributed by atoms with van der Waals surface area (Å²) < 4.78 is 11.5. The van der Waals surface area contributed by atoms with E-state index in [2.05, 4.69) is 34.8 Å². The second-order valence-electron chi connectivity index (χ2n) is 6.90. The van der Waals surface area contributed by atoms with Crippen LogP contribution in [-0.4, -0.2) is 25.5 Å². The maximum atomic E-state index is 10.5. The highest BCUT2D eigenvalue weighted by Gasteiger charge is 2.15. The fourth-order valence-electron chi connectivity index (χ4n) is 3.41. The van der Waals surface area contributed by atoms with E-state index in [1.54, 1.807) is 0 Å². The molecule has 1 aliphatic carbocycles. The van der Waals surface area contributed by atoms with Crippen LogP contribution in [0.4, 0.5) is 4.79 Å². The Morgan fingerprint density at radius 3 is 2.11 bits per heavy atom. The van der Waals surface area contributed by atoms with E-state index in [0.29, 0.717) is 19.1 Å². The molecule has 0 saturated heterocycles. The molecule has 0 atom stereocenters. The molecule has 148 valence electrons. The molecule has 0 bridgehead atoms. The smallest absolute Gasteiger partial charge is 0.332 e. The Hall–Kier alpha value is -3.02. The maximum absolute atomic E-state index is 10.5. The number of hydrogen-bond donors (Lipinski definition) is 2. The predicted molar refractivity (Wildman–Crippen MR) is 110 cm³/mol. The first-order chi connectivity index (χ1) is 13.7.